The van der Waals surface area contributed by atoms with E-state index in [1.54, 1.807) is 35.1 Å². The molecule has 0 saturated carbocycles. The summed E-state index contributed by atoms with van der Waals surface area (Å²) in [5.41, 5.74) is 0.261. The third-order valence-electron chi connectivity index (χ3n) is 3.63. The van der Waals surface area contributed by atoms with Crippen LogP contribution in [0.1, 0.15) is 12.5 Å². The first kappa shape index (κ1) is 17.5. The Bertz CT molecular complexity index is 890. The topological polar surface area (TPSA) is 27.1 Å². The molecule has 0 aliphatic heterocycles. The molecule has 0 unspecified atom stereocenters. The van der Waals surface area contributed by atoms with E-state index in [2.05, 4.69) is 21.0 Å². The summed E-state index contributed by atoms with van der Waals surface area (Å²) in [7, 11) is 0. The van der Waals surface area contributed by atoms with Gasteiger partial charge in [-0.15, -0.1) is 0 Å². The van der Waals surface area contributed by atoms with E-state index in [1.165, 1.54) is 6.07 Å². The molecule has 0 spiro atoms. The van der Waals surface area contributed by atoms with Crippen LogP contribution in [0.15, 0.2) is 59.2 Å². The smallest absolute Gasteiger partial charge is 0.416 e. The highest BCUT2D eigenvalue weighted by molar-refractivity contribution is 9.10. The van der Waals surface area contributed by atoms with Crippen molar-refractivity contribution in [3.05, 3.63) is 64.8 Å². The molecular weight excluding hydrogens is 397 g/mol. The zero-order chi connectivity index (χ0) is 18.0. The van der Waals surface area contributed by atoms with Crippen LogP contribution in [0.5, 0.6) is 11.6 Å². The van der Waals surface area contributed by atoms with E-state index in [-0.39, 0.29) is 0 Å². The Hall–Kier alpha value is -2.28. The molecule has 0 atom stereocenters. The lowest BCUT2D eigenvalue weighted by Gasteiger charge is -2.15. The Balaban J connectivity index is 2.11. The molecule has 2 aromatic carbocycles. The largest absolute Gasteiger partial charge is 0.439 e. The first-order valence-electron chi connectivity index (χ1n) is 7.55. The summed E-state index contributed by atoms with van der Waals surface area (Å²) in [6.45, 7) is 2.50. The van der Waals surface area contributed by atoms with E-state index < -0.39 is 11.7 Å². The first-order valence-corrected chi connectivity index (χ1v) is 8.34. The second-order valence-electron chi connectivity index (χ2n) is 5.31. The molecule has 3 aromatic rings. The van der Waals surface area contributed by atoms with Gasteiger partial charge in [-0.05, 0) is 42.8 Å². The Kier molecular flexibility index (Phi) is 4.85. The number of hydrogen-bond acceptors (Lipinski definition) is 2. The minimum absolute atomic E-state index is 0.335. The third kappa shape index (κ3) is 3.87. The molecule has 1 aromatic heterocycles. The van der Waals surface area contributed by atoms with Gasteiger partial charge in [-0.2, -0.15) is 18.3 Å². The van der Waals surface area contributed by atoms with Crippen LogP contribution >= 0.6 is 15.9 Å². The maximum atomic E-state index is 13.1. The number of hydrogen-bond donors (Lipinski definition) is 0. The van der Waals surface area contributed by atoms with Gasteiger partial charge in [0.15, 0.2) is 0 Å². The van der Waals surface area contributed by atoms with Gasteiger partial charge in [0.2, 0.25) is 5.88 Å². The van der Waals surface area contributed by atoms with E-state index >= 15 is 0 Å². The second-order valence-corrected chi connectivity index (χ2v) is 6.22. The lowest BCUT2D eigenvalue weighted by molar-refractivity contribution is -0.137. The van der Waals surface area contributed by atoms with Crippen molar-refractivity contribution in [3.63, 3.8) is 0 Å². The zero-order valence-electron chi connectivity index (χ0n) is 13.2. The van der Waals surface area contributed by atoms with Crippen LogP contribution in [0.2, 0.25) is 0 Å². The summed E-state index contributed by atoms with van der Waals surface area (Å²) in [5, 5.41) is 4.11. The lowest BCUT2D eigenvalue weighted by Crippen LogP contribution is -2.06. The predicted molar refractivity (Wildman–Crippen MR) is 92.6 cm³/mol. The zero-order valence-corrected chi connectivity index (χ0v) is 14.8. The minimum atomic E-state index is -4.43. The standard InChI is InChI=1S/C18H14BrF3N2O/c1-2-24-17(8-9-23-24)25-16-7-6-13(18(20,21)22)11-15(16)12-4-3-5-14(19)10-12/h3-11H,2H2,1H3. The fraction of sp³-hybridized carbons (Fsp3) is 0.167. The number of halogens is 4. The van der Waals surface area contributed by atoms with Gasteiger partial charge in [-0.25, -0.2) is 4.68 Å². The molecule has 3 rings (SSSR count). The van der Waals surface area contributed by atoms with Crippen molar-refractivity contribution in [1.82, 2.24) is 9.78 Å². The van der Waals surface area contributed by atoms with Crippen LogP contribution in [0.25, 0.3) is 11.1 Å². The van der Waals surface area contributed by atoms with Crippen LogP contribution in [0, 0.1) is 0 Å². The Morgan fingerprint density at radius 1 is 1.12 bits per heavy atom. The van der Waals surface area contributed by atoms with Gasteiger partial charge >= 0.3 is 6.18 Å². The normalized spacial score (nSPS) is 11.6. The predicted octanol–water partition coefficient (Wildman–Crippen LogP) is 6.14. The van der Waals surface area contributed by atoms with E-state index in [0.29, 0.717) is 29.3 Å². The summed E-state index contributed by atoms with van der Waals surface area (Å²) < 4.78 is 47.6. The average Bonchev–Trinajstić information content (AvgIpc) is 3.01. The van der Waals surface area contributed by atoms with Crippen molar-refractivity contribution in [1.29, 1.82) is 0 Å². The minimum Gasteiger partial charge on any atom is -0.439 e. The lowest BCUT2D eigenvalue weighted by atomic mass is 10.0. The van der Waals surface area contributed by atoms with Crippen molar-refractivity contribution in [2.75, 3.05) is 0 Å². The molecule has 7 heteroatoms. The number of benzene rings is 2. The molecule has 0 amide bonds. The maximum Gasteiger partial charge on any atom is 0.416 e. The van der Waals surface area contributed by atoms with Crippen molar-refractivity contribution in [2.24, 2.45) is 0 Å². The van der Waals surface area contributed by atoms with E-state index in [1.807, 2.05) is 13.0 Å². The fourth-order valence-corrected chi connectivity index (χ4v) is 2.83. The van der Waals surface area contributed by atoms with E-state index in [0.717, 1.165) is 16.6 Å². The van der Waals surface area contributed by atoms with Gasteiger partial charge in [-0.3, -0.25) is 0 Å². The van der Waals surface area contributed by atoms with Crippen LogP contribution in [0.4, 0.5) is 13.2 Å². The third-order valence-corrected chi connectivity index (χ3v) is 4.13. The molecule has 0 radical (unpaired) electrons. The molecule has 0 fully saturated rings. The maximum absolute atomic E-state index is 13.1. The molecule has 0 saturated heterocycles. The van der Waals surface area contributed by atoms with E-state index in [4.69, 9.17) is 4.74 Å². The summed E-state index contributed by atoms with van der Waals surface area (Å²) in [6, 6.07) is 12.2. The molecule has 3 nitrogen and oxygen atoms in total. The molecule has 25 heavy (non-hydrogen) atoms. The number of rotatable bonds is 4. The van der Waals surface area contributed by atoms with Crippen LogP contribution in [0.3, 0.4) is 0 Å². The highest BCUT2D eigenvalue weighted by atomic mass is 79.9. The average molecular weight is 411 g/mol. The summed E-state index contributed by atoms with van der Waals surface area (Å²) in [6.07, 6.45) is -2.84. The monoisotopic (exact) mass is 410 g/mol. The van der Waals surface area contributed by atoms with Gasteiger partial charge in [0.1, 0.15) is 5.75 Å². The van der Waals surface area contributed by atoms with Crippen molar-refractivity contribution in [2.45, 2.75) is 19.6 Å². The second kappa shape index (κ2) is 6.92. The van der Waals surface area contributed by atoms with E-state index in [9.17, 15) is 13.2 Å². The highest BCUT2D eigenvalue weighted by Crippen LogP contribution is 2.39. The summed E-state index contributed by atoms with van der Waals surface area (Å²) in [5.74, 6) is 0.805. The SMILES string of the molecule is CCn1nccc1Oc1ccc(C(F)(F)F)cc1-c1cccc(Br)c1. The fourth-order valence-electron chi connectivity index (χ4n) is 2.43. The Morgan fingerprint density at radius 2 is 1.92 bits per heavy atom. The molecular formula is C18H14BrF3N2O. The van der Waals surface area contributed by atoms with Gasteiger partial charge in [0.25, 0.3) is 0 Å². The van der Waals surface area contributed by atoms with Gasteiger partial charge < -0.3 is 4.74 Å². The van der Waals surface area contributed by atoms with Crippen molar-refractivity contribution in [3.8, 4) is 22.8 Å². The van der Waals surface area contributed by atoms with Crippen LogP contribution < -0.4 is 4.74 Å². The number of ether oxygens (including phenoxy) is 1. The quantitative estimate of drug-likeness (QED) is 0.516. The summed E-state index contributed by atoms with van der Waals surface area (Å²) in [4.78, 5) is 0. The number of aryl methyl sites for hydroxylation is 1. The summed E-state index contributed by atoms with van der Waals surface area (Å²) >= 11 is 3.35. The number of alkyl halides is 3. The van der Waals surface area contributed by atoms with Crippen molar-refractivity contribution >= 4 is 15.9 Å². The first-order chi connectivity index (χ1) is 11.9. The molecule has 0 aliphatic carbocycles. The number of aromatic nitrogens is 2. The number of nitrogens with zero attached hydrogens (tertiary/aromatic N) is 2. The molecule has 0 aliphatic rings. The molecule has 1 heterocycles. The van der Waals surface area contributed by atoms with Crippen molar-refractivity contribution < 1.29 is 17.9 Å². The Labute approximate surface area is 151 Å². The van der Waals surface area contributed by atoms with Crippen LogP contribution in [-0.4, -0.2) is 9.78 Å². The highest BCUT2D eigenvalue weighted by Gasteiger charge is 2.31. The van der Waals surface area contributed by atoms with Gasteiger partial charge in [0, 0.05) is 22.6 Å². The molecule has 0 bridgehead atoms. The van der Waals surface area contributed by atoms with Gasteiger partial charge in [-0.1, -0.05) is 28.1 Å². The van der Waals surface area contributed by atoms with Gasteiger partial charge in [0.05, 0.1) is 11.8 Å². The van der Waals surface area contributed by atoms with Crippen LogP contribution in [-0.2, 0) is 12.7 Å². The molecule has 130 valence electrons. The molecule has 0 N–H and O–H groups in total. The Morgan fingerprint density at radius 3 is 2.60 bits per heavy atom.